The van der Waals surface area contributed by atoms with Crippen LogP contribution in [0.1, 0.15) is 52.9 Å². The third kappa shape index (κ3) is 2.93. The van der Waals surface area contributed by atoms with Crippen molar-refractivity contribution in [1.82, 2.24) is 5.32 Å². The highest BCUT2D eigenvalue weighted by atomic mass is 16.4. The van der Waals surface area contributed by atoms with Crippen LogP contribution < -0.4 is 5.32 Å². The molecule has 2 aliphatic carbocycles. The molecule has 4 nitrogen and oxygen atoms in total. The van der Waals surface area contributed by atoms with E-state index >= 15 is 0 Å². The van der Waals surface area contributed by atoms with Gasteiger partial charge < -0.3 is 10.4 Å². The Hall–Kier alpha value is -1.06. The van der Waals surface area contributed by atoms with Gasteiger partial charge in [-0.05, 0) is 49.9 Å². The molecule has 0 bridgehead atoms. The van der Waals surface area contributed by atoms with Crippen molar-refractivity contribution in [1.29, 1.82) is 0 Å². The third-order valence-corrected chi connectivity index (χ3v) is 5.26. The van der Waals surface area contributed by atoms with Gasteiger partial charge in [0.2, 0.25) is 5.91 Å². The lowest BCUT2D eigenvalue weighted by Crippen LogP contribution is -2.40. The fourth-order valence-electron chi connectivity index (χ4n) is 2.78. The van der Waals surface area contributed by atoms with Crippen molar-refractivity contribution in [3.05, 3.63) is 0 Å². The Morgan fingerprint density at radius 1 is 1.37 bits per heavy atom. The van der Waals surface area contributed by atoms with Crippen molar-refractivity contribution in [2.24, 2.45) is 22.7 Å². The molecule has 0 heterocycles. The molecule has 0 aromatic heterocycles. The molecule has 1 atom stereocenters. The summed E-state index contributed by atoms with van der Waals surface area (Å²) in [6.45, 7) is 6.11. The van der Waals surface area contributed by atoms with Gasteiger partial charge in [-0.25, -0.2) is 0 Å². The van der Waals surface area contributed by atoms with Crippen LogP contribution in [-0.2, 0) is 9.59 Å². The molecule has 2 rings (SSSR count). The number of carboxylic acid groups (broad SMARTS) is 1. The van der Waals surface area contributed by atoms with E-state index in [9.17, 15) is 14.7 Å². The molecule has 4 heteroatoms. The highest BCUT2D eigenvalue weighted by molar-refractivity contribution is 5.84. The molecule has 2 fully saturated rings. The molecule has 108 valence electrons. The summed E-state index contributed by atoms with van der Waals surface area (Å²) >= 11 is 0. The Labute approximate surface area is 115 Å². The lowest BCUT2D eigenvalue weighted by molar-refractivity contribution is -0.153. The molecule has 1 unspecified atom stereocenters. The Kier molecular flexibility index (Phi) is 3.63. The van der Waals surface area contributed by atoms with E-state index < -0.39 is 11.4 Å². The van der Waals surface area contributed by atoms with E-state index in [1.54, 1.807) is 6.92 Å². The maximum atomic E-state index is 12.0. The van der Waals surface area contributed by atoms with Crippen molar-refractivity contribution >= 4 is 11.9 Å². The SMILES string of the molecule is CC(C)C(C)(CC(=O)NCC1(C2CC2)CC1)C(=O)O. The second-order valence-electron chi connectivity index (χ2n) is 6.97. The molecule has 19 heavy (non-hydrogen) atoms. The van der Waals surface area contributed by atoms with Crippen LogP contribution in [0.2, 0.25) is 0 Å². The Bertz CT molecular complexity index is 383. The lowest BCUT2D eigenvalue weighted by atomic mass is 9.76. The summed E-state index contributed by atoms with van der Waals surface area (Å²) in [5.74, 6) is -0.260. The first kappa shape index (κ1) is 14.4. The van der Waals surface area contributed by atoms with Crippen molar-refractivity contribution in [2.45, 2.75) is 52.9 Å². The zero-order valence-corrected chi connectivity index (χ0v) is 12.2. The number of rotatable bonds is 7. The number of carboxylic acids is 1. The topological polar surface area (TPSA) is 66.4 Å². The number of carbonyl (C=O) groups is 2. The normalized spacial score (nSPS) is 23.8. The monoisotopic (exact) mass is 267 g/mol. The summed E-state index contributed by atoms with van der Waals surface area (Å²) in [5, 5.41) is 12.3. The minimum atomic E-state index is -0.972. The molecule has 0 aliphatic heterocycles. The number of hydrogen-bond acceptors (Lipinski definition) is 2. The minimum Gasteiger partial charge on any atom is -0.481 e. The van der Waals surface area contributed by atoms with Gasteiger partial charge in [-0.3, -0.25) is 9.59 Å². The minimum absolute atomic E-state index is 0.0610. The average Bonchev–Trinajstić information content (AvgIpc) is 3.16. The zero-order valence-electron chi connectivity index (χ0n) is 12.2. The van der Waals surface area contributed by atoms with Crippen molar-refractivity contribution in [2.75, 3.05) is 6.54 Å². The average molecular weight is 267 g/mol. The summed E-state index contributed by atoms with van der Waals surface area (Å²) in [7, 11) is 0. The molecular formula is C15H25NO3. The van der Waals surface area contributed by atoms with E-state index in [-0.39, 0.29) is 18.2 Å². The summed E-state index contributed by atoms with van der Waals surface area (Å²) in [6.07, 6.45) is 5.11. The molecule has 1 amide bonds. The van der Waals surface area contributed by atoms with Crippen LogP contribution in [0.4, 0.5) is 0 Å². The van der Waals surface area contributed by atoms with E-state index in [1.165, 1.54) is 25.7 Å². The molecule has 2 saturated carbocycles. The molecule has 0 saturated heterocycles. The van der Waals surface area contributed by atoms with Gasteiger partial charge in [-0.1, -0.05) is 13.8 Å². The van der Waals surface area contributed by atoms with E-state index in [0.717, 1.165) is 12.5 Å². The first-order chi connectivity index (χ1) is 8.80. The van der Waals surface area contributed by atoms with Gasteiger partial charge in [-0.15, -0.1) is 0 Å². The van der Waals surface area contributed by atoms with E-state index in [2.05, 4.69) is 5.32 Å². The van der Waals surface area contributed by atoms with E-state index in [0.29, 0.717) is 5.41 Å². The molecule has 0 radical (unpaired) electrons. The van der Waals surface area contributed by atoms with Crippen molar-refractivity contribution in [3.8, 4) is 0 Å². The first-order valence-electron chi connectivity index (χ1n) is 7.30. The molecule has 0 spiro atoms. The van der Waals surface area contributed by atoms with Gasteiger partial charge in [0.1, 0.15) is 0 Å². The van der Waals surface area contributed by atoms with Gasteiger partial charge in [-0.2, -0.15) is 0 Å². The summed E-state index contributed by atoms with van der Waals surface area (Å²) < 4.78 is 0. The third-order valence-electron chi connectivity index (χ3n) is 5.26. The van der Waals surface area contributed by atoms with Gasteiger partial charge >= 0.3 is 5.97 Å². The van der Waals surface area contributed by atoms with E-state index in [4.69, 9.17) is 0 Å². The second-order valence-corrected chi connectivity index (χ2v) is 6.97. The number of carbonyl (C=O) groups excluding carboxylic acids is 1. The first-order valence-corrected chi connectivity index (χ1v) is 7.30. The number of nitrogens with one attached hydrogen (secondary N) is 1. The van der Waals surface area contributed by atoms with Crippen LogP contribution >= 0.6 is 0 Å². The lowest BCUT2D eigenvalue weighted by Gasteiger charge is -2.28. The molecule has 2 N–H and O–H groups in total. The Morgan fingerprint density at radius 2 is 1.95 bits per heavy atom. The van der Waals surface area contributed by atoms with Crippen LogP contribution in [0.3, 0.4) is 0 Å². The zero-order chi connectivity index (χ0) is 14.3. The van der Waals surface area contributed by atoms with Gasteiger partial charge in [0.05, 0.1) is 5.41 Å². The number of hydrogen-bond donors (Lipinski definition) is 2. The summed E-state index contributed by atoms with van der Waals surface area (Å²) in [5.41, 5.74) is -0.604. The van der Waals surface area contributed by atoms with Crippen molar-refractivity contribution in [3.63, 3.8) is 0 Å². The quantitative estimate of drug-likeness (QED) is 0.744. The predicted molar refractivity (Wildman–Crippen MR) is 72.6 cm³/mol. The highest BCUT2D eigenvalue weighted by Gasteiger charge is 2.53. The maximum absolute atomic E-state index is 12.0. The molecule has 0 aromatic rings. The standard InChI is InChI=1S/C15H25NO3/c1-10(2)14(3,13(18)19)8-12(17)16-9-15(6-7-15)11-4-5-11/h10-11H,4-9H2,1-3H3,(H,16,17)(H,18,19). The molecule has 2 aliphatic rings. The van der Waals surface area contributed by atoms with Gasteiger partial charge in [0, 0.05) is 13.0 Å². The molecule has 0 aromatic carbocycles. The summed E-state index contributed by atoms with van der Waals surface area (Å²) in [6, 6.07) is 0. The fourth-order valence-corrected chi connectivity index (χ4v) is 2.78. The summed E-state index contributed by atoms with van der Waals surface area (Å²) in [4.78, 5) is 23.4. The van der Waals surface area contributed by atoms with Gasteiger partial charge in [0.25, 0.3) is 0 Å². The van der Waals surface area contributed by atoms with Crippen LogP contribution in [0, 0.1) is 22.7 Å². The van der Waals surface area contributed by atoms with Crippen LogP contribution in [0.5, 0.6) is 0 Å². The number of amides is 1. The predicted octanol–water partition coefficient (Wildman–Crippen LogP) is 2.43. The second kappa shape index (κ2) is 4.80. The van der Waals surface area contributed by atoms with Gasteiger partial charge in [0.15, 0.2) is 0 Å². The highest BCUT2D eigenvalue weighted by Crippen LogP contribution is 2.60. The molecular weight excluding hydrogens is 242 g/mol. The Morgan fingerprint density at radius 3 is 2.32 bits per heavy atom. The maximum Gasteiger partial charge on any atom is 0.310 e. The Balaban J connectivity index is 1.84. The smallest absolute Gasteiger partial charge is 0.310 e. The van der Waals surface area contributed by atoms with Crippen LogP contribution in [0.15, 0.2) is 0 Å². The van der Waals surface area contributed by atoms with Crippen LogP contribution in [-0.4, -0.2) is 23.5 Å². The van der Waals surface area contributed by atoms with E-state index in [1.807, 2.05) is 13.8 Å². The largest absolute Gasteiger partial charge is 0.481 e. The fraction of sp³-hybridized carbons (Fsp3) is 0.867. The number of aliphatic carboxylic acids is 1. The van der Waals surface area contributed by atoms with Crippen molar-refractivity contribution < 1.29 is 14.7 Å². The van der Waals surface area contributed by atoms with Crippen LogP contribution in [0.25, 0.3) is 0 Å².